The zero-order valence-corrected chi connectivity index (χ0v) is 17.3. The smallest absolute Gasteiger partial charge is 0.327 e. The number of rotatable bonds is 14. The molecule has 0 atom stereocenters. The fourth-order valence-corrected chi connectivity index (χ4v) is 3.38. The summed E-state index contributed by atoms with van der Waals surface area (Å²) in [5, 5.41) is 7.60. The normalized spacial score (nSPS) is 10.7. The summed E-state index contributed by atoms with van der Waals surface area (Å²) >= 11 is 0. The molecule has 5 nitrogen and oxygen atoms in total. The van der Waals surface area contributed by atoms with Crippen molar-refractivity contribution in [1.29, 1.82) is 0 Å². The SMILES string of the molecule is C=CC(=O)O.CCCCCCCCCCCCOS(=O)(=O)c1ccccc1. The van der Waals surface area contributed by atoms with Gasteiger partial charge in [-0.25, -0.2) is 4.79 Å². The fraction of sp³-hybridized carbons (Fsp3) is 0.571. The molecule has 0 saturated heterocycles. The molecular weight excluding hydrogens is 364 g/mol. The fourth-order valence-electron chi connectivity index (χ4n) is 2.41. The van der Waals surface area contributed by atoms with Crippen LogP contribution in [-0.2, 0) is 19.1 Å². The summed E-state index contributed by atoms with van der Waals surface area (Å²) < 4.78 is 28.8. The minimum Gasteiger partial charge on any atom is -0.478 e. The first-order chi connectivity index (χ1) is 12.9. The summed E-state index contributed by atoms with van der Waals surface area (Å²) in [6.07, 6.45) is 13.1. The predicted molar refractivity (Wildman–Crippen MR) is 109 cm³/mol. The molecule has 0 bridgehead atoms. The van der Waals surface area contributed by atoms with Gasteiger partial charge in [-0.2, -0.15) is 8.42 Å². The molecule has 0 aliphatic heterocycles. The van der Waals surface area contributed by atoms with Gasteiger partial charge in [0.05, 0.1) is 11.5 Å². The van der Waals surface area contributed by atoms with E-state index in [1.807, 2.05) is 0 Å². The third-order valence-electron chi connectivity index (χ3n) is 3.94. The van der Waals surface area contributed by atoms with Crippen LogP contribution < -0.4 is 0 Å². The van der Waals surface area contributed by atoms with E-state index in [0.717, 1.165) is 18.9 Å². The molecule has 0 fully saturated rings. The van der Waals surface area contributed by atoms with Gasteiger partial charge in [0.1, 0.15) is 0 Å². The average Bonchev–Trinajstić information content (AvgIpc) is 2.67. The Bertz CT molecular complexity index is 596. The van der Waals surface area contributed by atoms with Crippen molar-refractivity contribution in [3.63, 3.8) is 0 Å². The Hall–Kier alpha value is -1.66. The molecule has 0 spiro atoms. The van der Waals surface area contributed by atoms with Crippen LogP contribution in [0.25, 0.3) is 0 Å². The molecule has 1 N–H and O–H groups in total. The largest absolute Gasteiger partial charge is 0.478 e. The van der Waals surface area contributed by atoms with Crippen molar-refractivity contribution in [1.82, 2.24) is 0 Å². The molecule has 0 amide bonds. The van der Waals surface area contributed by atoms with Gasteiger partial charge in [-0.1, -0.05) is 89.5 Å². The van der Waals surface area contributed by atoms with E-state index in [1.54, 1.807) is 30.3 Å². The van der Waals surface area contributed by atoms with Crippen molar-refractivity contribution in [2.75, 3.05) is 6.61 Å². The number of carboxylic acids is 1. The highest BCUT2D eigenvalue weighted by molar-refractivity contribution is 7.86. The van der Waals surface area contributed by atoms with Gasteiger partial charge in [-0.3, -0.25) is 4.18 Å². The second-order valence-electron chi connectivity index (χ2n) is 6.31. The molecule has 0 heterocycles. The topological polar surface area (TPSA) is 80.7 Å². The van der Waals surface area contributed by atoms with Crippen molar-refractivity contribution in [3.8, 4) is 0 Å². The monoisotopic (exact) mass is 398 g/mol. The first-order valence-corrected chi connectivity index (χ1v) is 11.1. The van der Waals surface area contributed by atoms with E-state index in [9.17, 15) is 13.2 Å². The van der Waals surface area contributed by atoms with Crippen molar-refractivity contribution >= 4 is 16.1 Å². The number of benzene rings is 1. The van der Waals surface area contributed by atoms with E-state index in [-0.39, 0.29) is 11.5 Å². The number of carboxylic acid groups (broad SMARTS) is 1. The van der Waals surface area contributed by atoms with E-state index in [4.69, 9.17) is 9.29 Å². The Balaban J connectivity index is 0.00000119. The molecule has 154 valence electrons. The molecule has 0 radical (unpaired) electrons. The number of unbranched alkanes of at least 4 members (excludes halogenated alkanes) is 9. The van der Waals surface area contributed by atoms with E-state index in [0.29, 0.717) is 0 Å². The maximum Gasteiger partial charge on any atom is 0.327 e. The van der Waals surface area contributed by atoms with Gasteiger partial charge in [-0.15, -0.1) is 0 Å². The Morgan fingerprint density at radius 1 is 0.963 bits per heavy atom. The summed E-state index contributed by atoms with van der Waals surface area (Å²) in [4.78, 5) is 9.49. The molecule has 0 aliphatic carbocycles. The second-order valence-corrected chi connectivity index (χ2v) is 7.93. The summed E-state index contributed by atoms with van der Waals surface area (Å²) in [7, 11) is -3.57. The van der Waals surface area contributed by atoms with Crippen molar-refractivity contribution < 1.29 is 22.5 Å². The molecular formula is C21H34O5S. The Labute approximate surface area is 164 Å². The maximum absolute atomic E-state index is 11.9. The van der Waals surface area contributed by atoms with Gasteiger partial charge in [0, 0.05) is 6.08 Å². The lowest BCUT2D eigenvalue weighted by molar-refractivity contribution is -0.131. The van der Waals surface area contributed by atoms with Crippen LogP contribution in [0.2, 0.25) is 0 Å². The predicted octanol–water partition coefficient (Wildman–Crippen LogP) is 5.57. The van der Waals surface area contributed by atoms with Crippen LogP contribution in [0.3, 0.4) is 0 Å². The highest BCUT2D eigenvalue weighted by Crippen LogP contribution is 2.13. The summed E-state index contributed by atoms with van der Waals surface area (Å²) in [5.74, 6) is -0.981. The van der Waals surface area contributed by atoms with Crippen molar-refractivity contribution in [2.24, 2.45) is 0 Å². The van der Waals surface area contributed by atoms with Gasteiger partial charge in [0.2, 0.25) is 0 Å². The van der Waals surface area contributed by atoms with E-state index >= 15 is 0 Å². The van der Waals surface area contributed by atoms with Crippen LogP contribution in [0.1, 0.15) is 71.1 Å². The van der Waals surface area contributed by atoms with Gasteiger partial charge >= 0.3 is 5.97 Å². The van der Waals surface area contributed by atoms with Crippen molar-refractivity contribution in [3.05, 3.63) is 43.0 Å². The molecule has 0 saturated carbocycles. The van der Waals surface area contributed by atoms with Crippen LogP contribution in [0, 0.1) is 0 Å². The van der Waals surface area contributed by atoms with E-state index < -0.39 is 16.1 Å². The first kappa shape index (κ1) is 25.3. The minimum absolute atomic E-state index is 0.238. The zero-order chi connectivity index (χ0) is 20.4. The number of aliphatic carboxylic acids is 1. The summed E-state index contributed by atoms with van der Waals surface area (Å²) in [5.41, 5.74) is 0. The third kappa shape index (κ3) is 15.1. The lowest BCUT2D eigenvalue weighted by Gasteiger charge is -2.05. The lowest BCUT2D eigenvalue weighted by Crippen LogP contribution is -2.07. The van der Waals surface area contributed by atoms with Gasteiger partial charge < -0.3 is 5.11 Å². The Morgan fingerprint density at radius 2 is 1.41 bits per heavy atom. The number of hydrogen-bond acceptors (Lipinski definition) is 4. The van der Waals surface area contributed by atoms with Crippen LogP contribution >= 0.6 is 0 Å². The van der Waals surface area contributed by atoms with Crippen LogP contribution in [-0.4, -0.2) is 26.1 Å². The first-order valence-electron chi connectivity index (χ1n) is 9.74. The highest BCUT2D eigenvalue weighted by atomic mass is 32.2. The van der Waals surface area contributed by atoms with Crippen LogP contribution in [0.5, 0.6) is 0 Å². The van der Waals surface area contributed by atoms with Gasteiger partial charge in [0.15, 0.2) is 0 Å². The summed E-state index contributed by atoms with van der Waals surface area (Å²) in [6, 6.07) is 8.33. The molecule has 1 rings (SSSR count). The third-order valence-corrected chi connectivity index (χ3v) is 5.27. The van der Waals surface area contributed by atoms with Crippen molar-refractivity contribution in [2.45, 2.75) is 76.0 Å². The van der Waals surface area contributed by atoms with Crippen LogP contribution in [0.4, 0.5) is 0 Å². The Morgan fingerprint density at radius 3 is 1.85 bits per heavy atom. The molecule has 0 aliphatic rings. The highest BCUT2D eigenvalue weighted by Gasteiger charge is 2.13. The number of hydrogen-bond donors (Lipinski definition) is 1. The van der Waals surface area contributed by atoms with Gasteiger partial charge in [0.25, 0.3) is 10.1 Å². The molecule has 27 heavy (non-hydrogen) atoms. The molecule has 0 aromatic heterocycles. The zero-order valence-electron chi connectivity index (χ0n) is 16.4. The van der Waals surface area contributed by atoms with Crippen LogP contribution in [0.15, 0.2) is 47.9 Å². The molecule has 1 aromatic rings. The standard InChI is InChI=1S/C18H30O3S.C3H4O2/c1-2-3-4-5-6-7-8-9-10-14-17-21-22(19,20)18-15-12-11-13-16-18;1-2-3(4)5/h11-13,15-16H,2-10,14,17H2,1H3;2H,1H2,(H,4,5). The van der Waals surface area contributed by atoms with E-state index in [1.165, 1.54) is 51.4 Å². The van der Waals surface area contributed by atoms with Gasteiger partial charge in [-0.05, 0) is 18.6 Å². The Kier molecular flexibility index (Phi) is 15.5. The summed E-state index contributed by atoms with van der Waals surface area (Å²) in [6.45, 7) is 5.48. The second kappa shape index (κ2) is 16.5. The molecule has 1 aromatic carbocycles. The minimum atomic E-state index is -3.57. The average molecular weight is 399 g/mol. The molecule has 0 unspecified atom stereocenters. The van der Waals surface area contributed by atoms with E-state index in [2.05, 4.69) is 13.5 Å². The maximum atomic E-state index is 11.9. The molecule has 6 heteroatoms. The number of carbonyl (C=O) groups is 1. The quantitative estimate of drug-likeness (QED) is 0.252. The lowest BCUT2D eigenvalue weighted by atomic mass is 10.1.